The van der Waals surface area contributed by atoms with Crippen LogP contribution >= 0.6 is 0 Å². The van der Waals surface area contributed by atoms with Crippen LogP contribution in [0.2, 0.25) is 0 Å². The lowest BCUT2D eigenvalue weighted by Gasteiger charge is -2.18. The fourth-order valence-corrected chi connectivity index (χ4v) is 1.89. The minimum Gasteiger partial charge on any atom is -0.389 e. The zero-order valence-electron chi connectivity index (χ0n) is 8.48. The van der Waals surface area contributed by atoms with E-state index in [0.717, 1.165) is 31.7 Å². The molecule has 1 atom stereocenters. The lowest BCUT2D eigenvalue weighted by atomic mass is 10.1. The standard InChI is InChI=1S/C11H16N2O/c1-11(14)5-7-13(9-11)8-10-4-2-3-6-12-10/h2-4,6,14H,5,7-9H2,1H3. The first kappa shape index (κ1) is 9.62. The van der Waals surface area contributed by atoms with Gasteiger partial charge in [0.05, 0.1) is 11.3 Å². The molecule has 3 heteroatoms. The molecule has 0 bridgehead atoms. The van der Waals surface area contributed by atoms with Crippen molar-refractivity contribution in [2.24, 2.45) is 0 Å². The van der Waals surface area contributed by atoms with Crippen molar-refractivity contribution < 1.29 is 5.11 Å². The van der Waals surface area contributed by atoms with Crippen LogP contribution in [0.15, 0.2) is 24.4 Å². The average molecular weight is 192 g/mol. The van der Waals surface area contributed by atoms with Crippen LogP contribution < -0.4 is 0 Å². The van der Waals surface area contributed by atoms with E-state index >= 15 is 0 Å². The molecule has 1 aliphatic rings. The van der Waals surface area contributed by atoms with Gasteiger partial charge in [-0.3, -0.25) is 9.88 Å². The van der Waals surface area contributed by atoms with Crippen molar-refractivity contribution in [3.05, 3.63) is 30.1 Å². The summed E-state index contributed by atoms with van der Waals surface area (Å²) in [5.41, 5.74) is 0.569. The van der Waals surface area contributed by atoms with Crippen LogP contribution in [0.3, 0.4) is 0 Å². The third-order valence-corrected chi connectivity index (χ3v) is 2.64. The lowest BCUT2D eigenvalue weighted by Crippen LogP contribution is -2.29. The molecule has 1 aliphatic heterocycles. The Morgan fingerprint density at radius 1 is 1.57 bits per heavy atom. The van der Waals surface area contributed by atoms with Crippen LogP contribution in [0.5, 0.6) is 0 Å². The van der Waals surface area contributed by atoms with Gasteiger partial charge in [0.15, 0.2) is 0 Å². The highest BCUT2D eigenvalue weighted by Crippen LogP contribution is 2.21. The van der Waals surface area contributed by atoms with Gasteiger partial charge in [-0.2, -0.15) is 0 Å². The second-order valence-electron chi connectivity index (χ2n) is 4.28. The normalized spacial score (nSPS) is 28.1. The Bertz CT molecular complexity index is 297. The smallest absolute Gasteiger partial charge is 0.0758 e. The largest absolute Gasteiger partial charge is 0.389 e. The number of pyridine rings is 1. The van der Waals surface area contributed by atoms with Gasteiger partial charge in [0.2, 0.25) is 0 Å². The molecular weight excluding hydrogens is 176 g/mol. The number of likely N-dealkylation sites (tertiary alicyclic amines) is 1. The molecule has 2 heterocycles. The third kappa shape index (κ3) is 2.30. The summed E-state index contributed by atoms with van der Waals surface area (Å²) in [4.78, 5) is 6.51. The Morgan fingerprint density at radius 3 is 3.00 bits per heavy atom. The summed E-state index contributed by atoms with van der Waals surface area (Å²) in [6.45, 7) is 4.45. The highest BCUT2D eigenvalue weighted by molar-refractivity contribution is 5.04. The van der Waals surface area contributed by atoms with Gasteiger partial charge in [-0.05, 0) is 25.5 Å². The maximum absolute atomic E-state index is 9.78. The van der Waals surface area contributed by atoms with Crippen LogP contribution in [-0.4, -0.2) is 33.7 Å². The van der Waals surface area contributed by atoms with Crippen molar-refractivity contribution in [1.82, 2.24) is 9.88 Å². The van der Waals surface area contributed by atoms with E-state index in [1.165, 1.54) is 0 Å². The SMILES string of the molecule is CC1(O)CCN(Cc2ccccn2)C1. The first-order valence-electron chi connectivity index (χ1n) is 5.00. The van der Waals surface area contributed by atoms with Crippen molar-refractivity contribution in [2.75, 3.05) is 13.1 Å². The van der Waals surface area contributed by atoms with Crippen LogP contribution in [0.1, 0.15) is 19.0 Å². The first-order valence-corrected chi connectivity index (χ1v) is 5.00. The second kappa shape index (κ2) is 3.67. The maximum Gasteiger partial charge on any atom is 0.0758 e. The predicted molar refractivity (Wildman–Crippen MR) is 54.8 cm³/mol. The monoisotopic (exact) mass is 192 g/mol. The molecule has 1 saturated heterocycles. The molecule has 1 aromatic heterocycles. The van der Waals surface area contributed by atoms with Crippen LogP contribution in [0.4, 0.5) is 0 Å². The van der Waals surface area contributed by atoms with E-state index in [0.29, 0.717) is 0 Å². The molecule has 0 amide bonds. The maximum atomic E-state index is 9.78. The summed E-state index contributed by atoms with van der Waals surface area (Å²) < 4.78 is 0. The fraction of sp³-hybridized carbons (Fsp3) is 0.545. The van der Waals surface area contributed by atoms with Gasteiger partial charge < -0.3 is 5.11 Å². The molecule has 0 aliphatic carbocycles. The van der Waals surface area contributed by atoms with E-state index in [2.05, 4.69) is 9.88 Å². The molecule has 1 unspecified atom stereocenters. The highest BCUT2D eigenvalue weighted by atomic mass is 16.3. The summed E-state index contributed by atoms with van der Waals surface area (Å²) in [7, 11) is 0. The molecule has 1 aromatic rings. The second-order valence-corrected chi connectivity index (χ2v) is 4.28. The van der Waals surface area contributed by atoms with E-state index < -0.39 is 5.60 Å². The Hall–Kier alpha value is -0.930. The molecule has 14 heavy (non-hydrogen) atoms. The van der Waals surface area contributed by atoms with Gasteiger partial charge in [-0.15, -0.1) is 0 Å². The third-order valence-electron chi connectivity index (χ3n) is 2.64. The van der Waals surface area contributed by atoms with Crippen molar-refractivity contribution in [2.45, 2.75) is 25.5 Å². The Kier molecular flexibility index (Phi) is 2.52. The van der Waals surface area contributed by atoms with E-state index in [9.17, 15) is 5.11 Å². The average Bonchev–Trinajstić information content (AvgIpc) is 2.47. The molecule has 0 spiro atoms. The zero-order chi connectivity index (χ0) is 10.0. The van der Waals surface area contributed by atoms with Crippen LogP contribution in [0, 0.1) is 0 Å². The molecule has 1 N–H and O–H groups in total. The summed E-state index contributed by atoms with van der Waals surface area (Å²) in [6, 6.07) is 5.94. The molecule has 2 rings (SSSR count). The quantitative estimate of drug-likeness (QED) is 0.760. The zero-order valence-corrected chi connectivity index (χ0v) is 8.48. The number of nitrogens with zero attached hydrogens (tertiary/aromatic N) is 2. The van der Waals surface area contributed by atoms with Crippen molar-refractivity contribution >= 4 is 0 Å². The molecule has 3 nitrogen and oxygen atoms in total. The molecule has 76 valence electrons. The summed E-state index contributed by atoms with van der Waals surface area (Å²) >= 11 is 0. The number of β-amino-alcohol motifs (C(OH)–C–C–N with tert-alkyl or cyclic N) is 1. The summed E-state index contributed by atoms with van der Waals surface area (Å²) in [5.74, 6) is 0. The first-order chi connectivity index (χ1) is 6.66. The number of aliphatic hydroxyl groups is 1. The van der Waals surface area contributed by atoms with Crippen LogP contribution in [0.25, 0.3) is 0 Å². The molecular formula is C11H16N2O. The summed E-state index contributed by atoms with van der Waals surface area (Å²) in [5, 5.41) is 9.78. The lowest BCUT2D eigenvalue weighted by molar-refractivity contribution is 0.0677. The van der Waals surface area contributed by atoms with E-state index in [1.807, 2.05) is 31.3 Å². The Morgan fingerprint density at radius 2 is 2.43 bits per heavy atom. The predicted octanol–water partition coefficient (Wildman–Crippen LogP) is 1.04. The topological polar surface area (TPSA) is 36.4 Å². The number of hydrogen-bond donors (Lipinski definition) is 1. The van der Waals surface area contributed by atoms with E-state index in [1.54, 1.807) is 0 Å². The minimum atomic E-state index is -0.505. The van der Waals surface area contributed by atoms with Gasteiger partial charge in [0, 0.05) is 25.8 Å². The molecule has 1 fully saturated rings. The van der Waals surface area contributed by atoms with Gasteiger partial charge in [-0.25, -0.2) is 0 Å². The number of rotatable bonds is 2. The Balaban J connectivity index is 1.94. The highest BCUT2D eigenvalue weighted by Gasteiger charge is 2.30. The molecule has 0 radical (unpaired) electrons. The number of aromatic nitrogens is 1. The van der Waals surface area contributed by atoms with Gasteiger partial charge in [-0.1, -0.05) is 6.07 Å². The van der Waals surface area contributed by atoms with Crippen molar-refractivity contribution in [3.8, 4) is 0 Å². The summed E-state index contributed by atoms with van der Waals surface area (Å²) in [6.07, 6.45) is 2.67. The fourth-order valence-electron chi connectivity index (χ4n) is 1.89. The number of hydrogen-bond acceptors (Lipinski definition) is 3. The van der Waals surface area contributed by atoms with Gasteiger partial charge in [0.25, 0.3) is 0 Å². The van der Waals surface area contributed by atoms with E-state index in [4.69, 9.17) is 0 Å². The Labute approximate surface area is 84.4 Å². The molecule has 0 aromatic carbocycles. The van der Waals surface area contributed by atoms with Crippen molar-refractivity contribution in [1.29, 1.82) is 0 Å². The van der Waals surface area contributed by atoms with Gasteiger partial charge in [0.1, 0.15) is 0 Å². The van der Waals surface area contributed by atoms with Gasteiger partial charge >= 0.3 is 0 Å². The minimum absolute atomic E-state index is 0.505. The van der Waals surface area contributed by atoms with Crippen molar-refractivity contribution in [3.63, 3.8) is 0 Å². The van der Waals surface area contributed by atoms with E-state index in [-0.39, 0.29) is 0 Å². The van der Waals surface area contributed by atoms with Crippen LogP contribution in [-0.2, 0) is 6.54 Å². The molecule has 0 saturated carbocycles.